The van der Waals surface area contributed by atoms with Gasteiger partial charge in [0.2, 0.25) is 0 Å². The molecule has 1 aliphatic carbocycles. The summed E-state index contributed by atoms with van der Waals surface area (Å²) in [6, 6.07) is 23.3. The number of carbonyl (C=O) groups excluding carboxylic acids is 1. The number of hydrogen-bond donors (Lipinski definition) is 2. The number of carboxylic acids is 1. The third kappa shape index (κ3) is 4.12. The maximum atomic E-state index is 12.3. The van der Waals surface area contributed by atoms with Gasteiger partial charge in [-0.25, -0.2) is 9.59 Å². The molecular formula is C24H21NO5. The number of aliphatic carboxylic acids is 1. The van der Waals surface area contributed by atoms with Crippen molar-refractivity contribution in [1.82, 2.24) is 5.32 Å². The predicted octanol–water partition coefficient (Wildman–Crippen LogP) is 4.19. The number of rotatable bonds is 7. The van der Waals surface area contributed by atoms with Crippen LogP contribution in [0.1, 0.15) is 22.6 Å². The lowest BCUT2D eigenvalue weighted by Crippen LogP contribution is -2.26. The van der Waals surface area contributed by atoms with Gasteiger partial charge in [0.25, 0.3) is 0 Å². The predicted molar refractivity (Wildman–Crippen MR) is 111 cm³/mol. The summed E-state index contributed by atoms with van der Waals surface area (Å²) < 4.78 is 10.8. The van der Waals surface area contributed by atoms with E-state index in [0.29, 0.717) is 11.3 Å². The smallest absolute Gasteiger partial charge is 0.407 e. The third-order valence-corrected chi connectivity index (χ3v) is 5.09. The number of nitrogens with one attached hydrogen (secondary N) is 1. The first-order chi connectivity index (χ1) is 14.6. The molecule has 30 heavy (non-hydrogen) atoms. The molecule has 0 spiro atoms. The van der Waals surface area contributed by atoms with Gasteiger partial charge in [-0.15, -0.1) is 0 Å². The van der Waals surface area contributed by atoms with Gasteiger partial charge in [-0.05, 0) is 28.3 Å². The summed E-state index contributed by atoms with van der Waals surface area (Å²) in [5.74, 6) is -0.650. The highest BCUT2D eigenvalue weighted by molar-refractivity contribution is 5.79. The Hall–Kier alpha value is -3.80. The minimum atomic E-state index is -1.06. The average molecular weight is 403 g/mol. The van der Waals surface area contributed by atoms with Crippen molar-refractivity contribution < 1.29 is 24.2 Å². The molecule has 152 valence electrons. The number of hydrogen-bond acceptors (Lipinski definition) is 4. The van der Waals surface area contributed by atoms with E-state index in [-0.39, 0.29) is 19.1 Å². The topological polar surface area (TPSA) is 84.9 Å². The number of benzene rings is 3. The molecule has 0 fully saturated rings. The van der Waals surface area contributed by atoms with Crippen LogP contribution in [0.25, 0.3) is 11.1 Å². The van der Waals surface area contributed by atoms with Gasteiger partial charge in [-0.2, -0.15) is 0 Å². The molecule has 6 heteroatoms. The average Bonchev–Trinajstić information content (AvgIpc) is 3.09. The largest absolute Gasteiger partial charge is 0.482 e. The SMILES string of the molecule is O=C(O)COc1ccccc1CNC(=O)OCC1c2ccccc2-c2ccccc21. The molecular weight excluding hydrogens is 382 g/mol. The maximum absolute atomic E-state index is 12.3. The number of carboxylic acid groups (broad SMARTS) is 1. The molecule has 6 nitrogen and oxygen atoms in total. The van der Waals surface area contributed by atoms with Crippen LogP contribution in [-0.4, -0.2) is 30.4 Å². The summed E-state index contributed by atoms with van der Waals surface area (Å²) in [7, 11) is 0. The minimum absolute atomic E-state index is 0.00524. The van der Waals surface area contributed by atoms with Gasteiger partial charge in [-0.1, -0.05) is 66.7 Å². The molecule has 0 unspecified atom stereocenters. The van der Waals surface area contributed by atoms with Crippen molar-refractivity contribution in [2.75, 3.05) is 13.2 Å². The van der Waals surface area contributed by atoms with Crippen molar-refractivity contribution in [1.29, 1.82) is 0 Å². The van der Waals surface area contributed by atoms with Gasteiger partial charge < -0.3 is 19.9 Å². The minimum Gasteiger partial charge on any atom is -0.482 e. The zero-order valence-electron chi connectivity index (χ0n) is 16.2. The van der Waals surface area contributed by atoms with Crippen molar-refractivity contribution in [3.63, 3.8) is 0 Å². The number of para-hydroxylation sites is 1. The summed E-state index contributed by atoms with van der Waals surface area (Å²) >= 11 is 0. The van der Waals surface area contributed by atoms with Gasteiger partial charge >= 0.3 is 12.1 Å². The highest BCUT2D eigenvalue weighted by Crippen LogP contribution is 2.44. The Bertz CT molecular complexity index is 1030. The Kier molecular flexibility index (Phi) is 5.66. The fourth-order valence-corrected chi connectivity index (χ4v) is 3.75. The normalized spacial score (nSPS) is 12.0. The number of carbonyl (C=O) groups is 2. The molecule has 1 amide bonds. The first-order valence-corrected chi connectivity index (χ1v) is 9.65. The van der Waals surface area contributed by atoms with E-state index in [1.54, 1.807) is 24.3 Å². The highest BCUT2D eigenvalue weighted by Gasteiger charge is 2.28. The van der Waals surface area contributed by atoms with E-state index in [2.05, 4.69) is 29.6 Å². The second-order valence-electron chi connectivity index (χ2n) is 6.97. The van der Waals surface area contributed by atoms with Crippen LogP contribution >= 0.6 is 0 Å². The molecule has 4 rings (SSSR count). The fourth-order valence-electron chi connectivity index (χ4n) is 3.75. The first-order valence-electron chi connectivity index (χ1n) is 9.65. The molecule has 0 aliphatic heterocycles. The van der Waals surface area contributed by atoms with Gasteiger partial charge in [0.05, 0.1) is 0 Å². The Morgan fingerprint density at radius 1 is 0.867 bits per heavy atom. The Balaban J connectivity index is 1.38. The Morgan fingerprint density at radius 3 is 2.13 bits per heavy atom. The molecule has 0 bridgehead atoms. The molecule has 0 radical (unpaired) electrons. The van der Waals surface area contributed by atoms with Crippen LogP contribution < -0.4 is 10.1 Å². The van der Waals surface area contributed by atoms with Crippen molar-refractivity contribution in [2.24, 2.45) is 0 Å². The van der Waals surface area contributed by atoms with Crippen molar-refractivity contribution in [3.05, 3.63) is 89.5 Å². The summed E-state index contributed by atoms with van der Waals surface area (Å²) in [6.45, 7) is -0.0363. The van der Waals surface area contributed by atoms with E-state index in [4.69, 9.17) is 14.6 Å². The molecule has 2 N–H and O–H groups in total. The molecule has 0 atom stereocenters. The van der Waals surface area contributed by atoms with E-state index in [1.165, 1.54) is 11.1 Å². The van der Waals surface area contributed by atoms with Crippen molar-refractivity contribution >= 4 is 12.1 Å². The molecule has 1 aliphatic rings. The number of ether oxygens (including phenoxy) is 2. The number of fused-ring (bicyclic) bond motifs is 3. The first kappa shape index (κ1) is 19.5. The van der Waals surface area contributed by atoms with E-state index in [9.17, 15) is 9.59 Å². The fraction of sp³-hybridized carbons (Fsp3) is 0.167. The van der Waals surface area contributed by atoms with Crippen LogP contribution in [0.5, 0.6) is 5.75 Å². The maximum Gasteiger partial charge on any atom is 0.407 e. The molecule has 0 saturated heterocycles. The van der Waals surface area contributed by atoms with E-state index >= 15 is 0 Å². The number of alkyl carbamates (subject to hydrolysis) is 1. The monoisotopic (exact) mass is 403 g/mol. The summed E-state index contributed by atoms with van der Waals surface area (Å²) in [5, 5.41) is 11.5. The molecule has 3 aromatic rings. The lowest BCUT2D eigenvalue weighted by atomic mass is 9.98. The van der Waals surface area contributed by atoms with E-state index in [0.717, 1.165) is 11.1 Å². The highest BCUT2D eigenvalue weighted by atomic mass is 16.5. The van der Waals surface area contributed by atoms with Gasteiger partial charge in [0.1, 0.15) is 12.4 Å². The van der Waals surface area contributed by atoms with E-state index in [1.807, 2.05) is 24.3 Å². The molecule has 3 aromatic carbocycles. The van der Waals surface area contributed by atoms with E-state index < -0.39 is 18.7 Å². The summed E-state index contributed by atoms with van der Waals surface area (Å²) in [6.07, 6.45) is -0.537. The molecule has 0 aromatic heterocycles. The second-order valence-corrected chi connectivity index (χ2v) is 6.97. The zero-order valence-corrected chi connectivity index (χ0v) is 16.2. The molecule has 0 saturated carbocycles. The third-order valence-electron chi connectivity index (χ3n) is 5.09. The second kappa shape index (κ2) is 8.69. The van der Waals surface area contributed by atoms with Gasteiger partial charge in [0.15, 0.2) is 6.61 Å². The Labute approximate surface area is 174 Å². The number of amides is 1. The van der Waals surface area contributed by atoms with Crippen LogP contribution in [0.15, 0.2) is 72.8 Å². The van der Waals surface area contributed by atoms with Crippen LogP contribution in [0.4, 0.5) is 4.79 Å². The van der Waals surface area contributed by atoms with Crippen LogP contribution in [0.2, 0.25) is 0 Å². The van der Waals surface area contributed by atoms with Crippen LogP contribution in [-0.2, 0) is 16.1 Å². The van der Waals surface area contributed by atoms with Crippen molar-refractivity contribution in [2.45, 2.75) is 12.5 Å². The lowest BCUT2D eigenvalue weighted by Gasteiger charge is -2.15. The Morgan fingerprint density at radius 2 is 1.47 bits per heavy atom. The van der Waals surface area contributed by atoms with Gasteiger partial charge in [-0.3, -0.25) is 0 Å². The quantitative estimate of drug-likeness (QED) is 0.618. The van der Waals surface area contributed by atoms with Gasteiger partial charge in [0, 0.05) is 18.0 Å². The summed E-state index contributed by atoms with van der Waals surface area (Å²) in [5.41, 5.74) is 5.32. The lowest BCUT2D eigenvalue weighted by molar-refractivity contribution is -0.139. The molecule has 0 heterocycles. The standard InChI is InChI=1S/C24H21NO5/c26-23(27)15-29-22-12-6-1-7-16(22)13-25-24(28)30-14-21-19-10-4-2-8-17(19)18-9-3-5-11-20(18)21/h1-12,21H,13-15H2,(H,25,28)(H,26,27). The van der Waals surface area contributed by atoms with Crippen LogP contribution in [0, 0.1) is 0 Å². The zero-order chi connectivity index (χ0) is 20.9. The van der Waals surface area contributed by atoms with Crippen molar-refractivity contribution in [3.8, 4) is 16.9 Å². The summed E-state index contributed by atoms with van der Waals surface area (Å²) in [4.78, 5) is 23.0. The van der Waals surface area contributed by atoms with Crippen LogP contribution in [0.3, 0.4) is 0 Å².